The first-order chi connectivity index (χ1) is 7.27. The van der Waals surface area contributed by atoms with Gasteiger partial charge < -0.3 is 15.2 Å². The van der Waals surface area contributed by atoms with Crippen molar-refractivity contribution in [2.24, 2.45) is 5.92 Å². The summed E-state index contributed by atoms with van der Waals surface area (Å²) in [4.78, 5) is 0. The van der Waals surface area contributed by atoms with Crippen molar-refractivity contribution in [2.75, 3.05) is 32.1 Å². The van der Waals surface area contributed by atoms with Crippen molar-refractivity contribution >= 4 is 11.8 Å². The van der Waals surface area contributed by atoms with Gasteiger partial charge in [-0.15, -0.1) is 0 Å². The predicted octanol–water partition coefficient (Wildman–Crippen LogP) is 1.11. The minimum absolute atomic E-state index is 0.269. The van der Waals surface area contributed by atoms with Crippen LogP contribution in [0.1, 0.15) is 20.3 Å². The summed E-state index contributed by atoms with van der Waals surface area (Å²) in [6, 6.07) is 0.538. The highest BCUT2D eigenvalue weighted by Crippen LogP contribution is 2.21. The SMILES string of the molecule is CCNC(CSC(C)CO)C1CCOC1. The number of rotatable bonds is 7. The van der Waals surface area contributed by atoms with Crippen LogP contribution in [0.2, 0.25) is 0 Å². The van der Waals surface area contributed by atoms with Crippen molar-refractivity contribution in [3.05, 3.63) is 0 Å². The van der Waals surface area contributed by atoms with Crippen molar-refractivity contribution in [2.45, 2.75) is 31.6 Å². The van der Waals surface area contributed by atoms with Gasteiger partial charge in [0.05, 0.1) is 13.2 Å². The third kappa shape index (κ3) is 4.72. The van der Waals surface area contributed by atoms with Gasteiger partial charge in [0, 0.05) is 29.6 Å². The van der Waals surface area contributed by atoms with Gasteiger partial charge in [0.15, 0.2) is 0 Å². The molecule has 0 aromatic carbocycles. The molecule has 1 heterocycles. The topological polar surface area (TPSA) is 41.5 Å². The number of hydrogen-bond acceptors (Lipinski definition) is 4. The van der Waals surface area contributed by atoms with Gasteiger partial charge >= 0.3 is 0 Å². The van der Waals surface area contributed by atoms with E-state index in [1.807, 2.05) is 11.8 Å². The predicted molar refractivity (Wildman–Crippen MR) is 65.4 cm³/mol. The summed E-state index contributed by atoms with van der Waals surface area (Å²) < 4.78 is 5.42. The average Bonchev–Trinajstić information content (AvgIpc) is 2.76. The highest BCUT2D eigenvalue weighted by atomic mass is 32.2. The Hall–Kier alpha value is 0.230. The normalized spacial score (nSPS) is 25.4. The van der Waals surface area contributed by atoms with E-state index in [-0.39, 0.29) is 6.61 Å². The molecule has 0 saturated carbocycles. The molecule has 0 bridgehead atoms. The zero-order valence-corrected chi connectivity index (χ0v) is 10.6. The molecule has 0 aromatic heterocycles. The van der Waals surface area contributed by atoms with Crippen LogP contribution in [0, 0.1) is 5.92 Å². The van der Waals surface area contributed by atoms with Gasteiger partial charge in [-0.05, 0) is 13.0 Å². The zero-order chi connectivity index (χ0) is 11.1. The number of thioether (sulfide) groups is 1. The molecule has 0 aromatic rings. The maximum Gasteiger partial charge on any atom is 0.0547 e. The molecule has 3 unspecified atom stereocenters. The number of ether oxygens (including phenoxy) is 1. The van der Waals surface area contributed by atoms with Gasteiger partial charge in [-0.1, -0.05) is 13.8 Å². The van der Waals surface area contributed by atoms with E-state index < -0.39 is 0 Å². The van der Waals surface area contributed by atoms with E-state index in [9.17, 15) is 0 Å². The summed E-state index contributed by atoms with van der Waals surface area (Å²) in [6.45, 7) is 7.29. The summed E-state index contributed by atoms with van der Waals surface area (Å²) in [5, 5.41) is 12.8. The van der Waals surface area contributed by atoms with E-state index in [2.05, 4.69) is 19.2 Å². The Balaban J connectivity index is 2.29. The van der Waals surface area contributed by atoms with Crippen LogP contribution >= 0.6 is 11.8 Å². The van der Waals surface area contributed by atoms with Crippen molar-refractivity contribution in [3.63, 3.8) is 0 Å². The second kappa shape index (κ2) is 7.49. The Morgan fingerprint density at radius 3 is 2.93 bits per heavy atom. The molecule has 0 radical (unpaired) electrons. The van der Waals surface area contributed by atoms with Gasteiger partial charge in [0.1, 0.15) is 0 Å². The first-order valence-corrected chi connectivity index (χ1v) is 6.86. The lowest BCUT2D eigenvalue weighted by atomic mass is 10.0. The van der Waals surface area contributed by atoms with Crippen molar-refractivity contribution in [3.8, 4) is 0 Å². The van der Waals surface area contributed by atoms with Crippen molar-refractivity contribution in [1.82, 2.24) is 5.32 Å². The van der Waals surface area contributed by atoms with Crippen molar-refractivity contribution < 1.29 is 9.84 Å². The summed E-state index contributed by atoms with van der Waals surface area (Å²) in [7, 11) is 0. The smallest absolute Gasteiger partial charge is 0.0547 e. The average molecular weight is 233 g/mol. The molecule has 0 amide bonds. The molecule has 1 aliphatic rings. The minimum Gasteiger partial charge on any atom is -0.395 e. The molecule has 3 nitrogen and oxygen atoms in total. The molecule has 1 aliphatic heterocycles. The fourth-order valence-corrected chi connectivity index (χ4v) is 2.85. The largest absolute Gasteiger partial charge is 0.395 e. The number of aliphatic hydroxyl groups excluding tert-OH is 1. The molecular formula is C11H23NO2S. The van der Waals surface area contributed by atoms with E-state index in [1.54, 1.807) is 0 Å². The summed E-state index contributed by atoms with van der Waals surface area (Å²) >= 11 is 1.84. The van der Waals surface area contributed by atoms with Gasteiger partial charge in [-0.25, -0.2) is 0 Å². The van der Waals surface area contributed by atoms with Crippen LogP contribution < -0.4 is 5.32 Å². The fourth-order valence-electron chi connectivity index (χ4n) is 1.81. The monoisotopic (exact) mass is 233 g/mol. The van der Waals surface area contributed by atoms with Gasteiger partial charge in [0.25, 0.3) is 0 Å². The quantitative estimate of drug-likeness (QED) is 0.691. The second-order valence-electron chi connectivity index (χ2n) is 4.11. The second-order valence-corrected chi connectivity index (χ2v) is 5.59. The van der Waals surface area contributed by atoms with Gasteiger partial charge in [-0.2, -0.15) is 11.8 Å². The van der Waals surface area contributed by atoms with Crippen LogP contribution in [0.5, 0.6) is 0 Å². The van der Waals surface area contributed by atoms with Crippen LogP contribution in [-0.4, -0.2) is 48.5 Å². The highest BCUT2D eigenvalue weighted by molar-refractivity contribution is 7.99. The number of hydrogen-bond donors (Lipinski definition) is 2. The third-order valence-electron chi connectivity index (χ3n) is 2.82. The van der Waals surface area contributed by atoms with E-state index in [0.717, 1.165) is 25.5 Å². The summed E-state index contributed by atoms with van der Waals surface area (Å²) in [6.07, 6.45) is 1.17. The number of nitrogens with one attached hydrogen (secondary N) is 1. The minimum atomic E-state index is 0.269. The molecule has 1 saturated heterocycles. The number of aliphatic hydroxyl groups is 1. The molecule has 1 fully saturated rings. The third-order valence-corrected chi connectivity index (χ3v) is 4.09. The van der Waals surface area contributed by atoms with Crippen LogP contribution in [0.4, 0.5) is 0 Å². The lowest BCUT2D eigenvalue weighted by molar-refractivity contribution is 0.179. The molecule has 2 N–H and O–H groups in total. The van der Waals surface area contributed by atoms with E-state index in [0.29, 0.717) is 17.2 Å². The fraction of sp³-hybridized carbons (Fsp3) is 1.00. The first-order valence-electron chi connectivity index (χ1n) is 5.81. The van der Waals surface area contributed by atoms with E-state index >= 15 is 0 Å². The van der Waals surface area contributed by atoms with Crippen LogP contribution in [-0.2, 0) is 4.74 Å². The maximum absolute atomic E-state index is 8.98. The summed E-state index contributed by atoms with van der Waals surface area (Å²) in [5.41, 5.74) is 0. The lowest BCUT2D eigenvalue weighted by Gasteiger charge is -2.24. The molecule has 1 rings (SSSR count). The van der Waals surface area contributed by atoms with Crippen LogP contribution in [0.3, 0.4) is 0 Å². The molecule has 4 heteroatoms. The molecule has 0 spiro atoms. The van der Waals surface area contributed by atoms with Gasteiger partial charge in [0.2, 0.25) is 0 Å². The Morgan fingerprint density at radius 1 is 1.60 bits per heavy atom. The van der Waals surface area contributed by atoms with Crippen LogP contribution in [0.25, 0.3) is 0 Å². The summed E-state index contributed by atoms with van der Waals surface area (Å²) in [5.74, 6) is 1.73. The van der Waals surface area contributed by atoms with Crippen LogP contribution in [0.15, 0.2) is 0 Å². The zero-order valence-electron chi connectivity index (χ0n) is 9.74. The lowest BCUT2D eigenvalue weighted by Crippen LogP contribution is -2.39. The van der Waals surface area contributed by atoms with Gasteiger partial charge in [-0.3, -0.25) is 0 Å². The molecular weight excluding hydrogens is 210 g/mol. The Labute approximate surface area is 97.0 Å². The molecule has 3 atom stereocenters. The van der Waals surface area contributed by atoms with E-state index in [4.69, 9.17) is 9.84 Å². The maximum atomic E-state index is 8.98. The van der Waals surface area contributed by atoms with Crippen molar-refractivity contribution in [1.29, 1.82) is 0 Å². The highest BCUT2D eigenvalue weighted by Gasteiger charge is 2.25. The molecule has 90 valence electrons. The Kier molecular flexibility index (Phi) is 6.64. The van der Waals surface area contributed by atoms with E-state index in [1.165, 1.54) is 6.42 Å². The Morgan fingerprint density at radius 2 is 2.40 bits per heavy atom. The first kappa shape index (κ1) is 13.3. The molecule has 15 heavy (non-hydrogen) atoms. The standard InChI is InChI=1S/C11H23NO2S/c1-3-12-11(8-15-9(2)6-13)10-4-5-14-7-10/h9-13H,3-8H2,1-2H3. The molecule has 0 aliphatic carbocycles. The Bertz CT molecular complexity index is 163.